The second kappa shape index (κ2) is 6.58. The minimum absolute atomic E-state index is 0.117. The maximum Gasteiger partial charge on any atom is 0.148 e. The summed E-state index contributed by atoms with van der Waals surface area (Å²) in [6.45, 7) is 10.9. The summed E-state index contributed by atoms with van der Waals surface area (Å²) in [7, 11) is 0. The van der Waals surface area contributed by atoms with Crippen LogP contribution in [0.5, 0.6) is 0 Å². The van der Waals surface area contributed by atoms with E-state index in [1.54, 1.807) is 0 Å². The average Bonchev–Trinajstić information content (AvgIpc) is 2.46. The number of aromatic nitrogens is 2. The van der Waals surface area contributed by atoms with Gasteiger partial charge in [0.2, 0.25) is 0 Å². The van der Waals surface area contributed by atoms with Crippen LogP contribution in [0, 0.1) is 12.8 Å². The van der Waals surface area contributed by atoms with Gasteiger partial charge in [0.25, 0.3) is 0 Å². The molecular formula is C15H27N5O. The van der Waals surface area contributed by atoms with E-state index in [9.17, 15) is 0 Å². The molecule has 1 aliphatic rings. The van der Waals surface area contributed by atoms with Gasteiger partial charge < -0.3 is 15.5 Å². The molecule has 0 radical (unpaired) electrons. The number of anilines is 2. The number of nitrogen functional groups attached to an aromatic ring is 1. The van der Waals surface area contributed by atoms with Crippen molar-refractivity contribution in [1.29, 1.82) is 0 Å². The van der Waals surface area contributed by atoms with Crippen LogP contribution in [-0.4, -0.2) is 29.7 Å². The lowest BCUT2D eigenvalue weighted by Gasteiger charge is -2.24. The van der Waals surface area contributed by atoms with Crippen molar-refractivity contribution >= 4 is 11.6 Å². The van der Waals surface area contributed by atoms with E-state index in [2.05, 4.69) is 41.5 Å². The molecule has 1 saturated heterocycles. The van der Waals surface area contributed by atoms with E-state index in [1.165, 1.54) is 0 Å². The fourth-order valence-electron chi connectivity index (χ4n) is 2.36. The van der Waals surface area contributed by atoms with Gasteiger partial charge in [-0.1, -0.05) is 20.8 Å². The molecule has 1 aromatic rings. The molecule has 1 fully saturated rings. The summed E-state index contributed by atoms with van der Waals surface area (Å²) >= 11 is 0. The molecule has 0 spiro atoms. The highest BCUT2D eigenvalue weighted by Crippen LogP contribution is 2.26. The predicted molar refractivity (Wildman–Crippen MR) is 85.3 cm³/mol. The Morgan fingerprint density at radius 1 is 1.19 bits per heavy atom. The lowest BCUT2D eigenvalue weighted by Crippen LogP contribution is -2.25. The molecule has 2 rings (SSSR count). The third kappa shape index (κ3) is 4.04. The van der Waals surface area contributed by atoms with Gasteiger partial charge in [-0.2, -0.15) is 0 Å². The third-order valence-corrected chi connectivity index (χ3v) is 3.85. The molecule has 0 unspecified atom stereocenters. The molecule has 21 heavy (non-hydrogen) atoms. The molecule has 0 atom stereocenters. The molecular weight excluding hydrogens is 266 g/mol. The highest BCUT2D eigenvalue weighted by atomic mass is 16.5. The van der Waals surface area contributed by atoms with Gasteiger partial charge in [-0.3, -0.25) is 0 Å². The van der Waals surface area contributed by atoms with Gasteiger partial charge in [-0.05, 0) is 25.7 Å². The van der Waals surface area contributed by atoms with Crippen molar-refractivity contribution < 1.29 is 4.74 Å². The van der Waals surface area contributed by atoms with E-state index in [0.29, 0.717) is 11.7 Å². The number of ether oxygens (including phenoxy) is 1. The fraction of sp³-hybridized carbons (Fsp3) is 0.733. The standard InChI is InChI=1S/C15H27N5O/c1-10-12(17-9-11-5-7-21-8-6-11)18-14(15(2,3)4)19-13(10)20-16/h11H,5-9,16H2,1-4H3,(H2,17,18,19,20). The summed E-state index contributed by atoms with van der Waals surface area (Å²) in [6, 6.07) is 0. The second-order valence-electron chi connectivity index (χ2n) is 6.70. The Hall–Kier alpha value is -1.40. The molecule has 2 heterocycles. The van der Waals surface area contributed by atoms with Gasteiger partial charge in [0.15, 0.2) is 0 Å². The number of nitrogens with one attached hydrogen (secondary N) is 2. The van der Waals surface area contributed by atoms with Crippen LogP contribution in [0.25, 0.3) is 0 Å². The van der Waals surface area contributed by atoms with E-state index in [0.717, 1.165) is 49.8 Å². The van der Waals surface area contributed by atoms with Crippen molar-refractivity contribution in [1.82, 2.24) is 9.97 Å². The smallest absolute Gasteiger partial charge is 0.148 e. The first-order valence-corrected chi connectivity index (χ1v) is 7.59. The topological polar surface area (TPSA) is 85.1 Å². The zero-order valence-corrected chi connectivity index (χ0v) is 13.5. The monoisotopic (exact) mass is 293 g/mol. The number of hydrogen-bond acceptors (Lipinski definition) is 6. The number of hydrogen-bond donors (Lipinski definition) is 3. The van der Waals surface area contributed by atoms with Crippen LogP contribution in [0.3, 0.4) is 0 Å². The van der Waals surface area contributed by atoms with Crippen molar-refractivity contribution in [3.63, 3.8) is 0 Å². The zero-order chi connectivity index (χ0) is 15.5. The van der Waals surface area contributed by atoms with E-state index in [1.807, 2.05) is 6.92 Å². The average molecular weight is 293 g/mol. The number of nitrogens with zero attached hydrogens (tertiary/aromatic N) is 2. The lowest BCUT2D eigenvalue weighted by atomic mass is 9.95. The lowest BCUT2D eigenvalue weighted by molar-refractivity contribution is 0.0699. The van der Waals surface area contributed by atoms with E-state index in [4.69, 9.17) is 10.6 Å². The molecule has 0 aromatic carbocycles. The van der Waals surface area contributed by atoms with Crippen LogP contribution in [0.1, 0.15) is 45.0 Å². The van der Waals surface area contributed by atoms with E-state index < -0.39 is 0 Å². The third-order valence-electron chi connectivity index (χ3n) is 3.85. The van der Waals surface area contributed by atoms with Gasteiger partial charge in [-0.25, -0.2) is 15.8 Å². The highest BCUT2D eigenvalue weighted by Gasteiger charge is 2.21. The van der Waals surface area contributed by atoms with Crippen LogP contribution in [0.15, 0.2) is 0 Å². The molecule has 0 saturated carbocycles. The number of nitrogens with two attached hydrogens (primary N) is 1. The molecule has 118 valence electrons. The van der Waals surface area contributed by atoms with Crippen LogP contribution >= 0.6 is 0 Å². The Labute approximate surface area is 126 Å². The molecule has 6 nitrogen and oxygen atoms in total. The van der Waals surface area contributed by atoms with Crippen LogP contribution in [-0.2, 0) is 10.2 Å². The molecule has 1 aliphatic heterocycles. The van der Waals surface area contributed by atoms with Gasteiger partial charge in [0, 0.05) is 30.7 Å². The van der Waals surface area contributed by atoms with E-state index >= 15 is 0 Å². The molecule has 0 amide bonds. The normalized spacial score (nSPS) is 16.8. The van der Waals surface area contributed by atoms with E-state index in [-0.39, 0.29) is 5.41 Å². The van der Waals surface area contributed by atoms with Crippen molar-refractivity contribution in [2.24, 2.45) is 11.8 Å². The Morgan fingerprint density at radius 3 is 2.38 bits per heavy atom. The molecule has 1 aromatic heterocycles. The fourth-order valence-corrected chi connectivity index (χ4v) is 2.36. The summed E-state index contributed by atoms with van der Waals surface area (Å²) in [4.78, 5) is 9.20. The van der Waals surface area contributed by atoms with Gasteiger partial charge >= 0.3 is 0 Å². The summed E-state index contributed by atoms with van der Waals surface area (Å²) in [5, 5.41) is 3.47. The summed E-state index contributed by atoms with van der Waals surface area (Å²) in [5.41, 5.74) is 3.51. The first kappa shape index (κ1) is 16.0. The van der Waals surface area contributed by atoms with Gasteiger partial charge in [0.1, 0.15) is 17.5 Å². The summed E-state index contributed by atoms with van der Waals surface area (Å²) in [6.07, 6.45) is 2.20. The van der Waals surface area contributed by atoms with Crippen LogP contribution < -0.4 is 16.6 Å². The highest BCUT2D eigenvalue weighted by molar-refractivity contribution is 5.57. The van der Waals surface area contributed by atoms with Gasteiger partial charge in [-0.15, -0.1) is 0 Å². The molecule has 0 aliphatic carbocycles. The number of rotatable bonds is 4. The van der Waals surface area contributed by atoms with Crippen molar-refractivity contribution in [2.45, 2.75) is 46.0 Å². The first-order valence-electron chi connectivity index (χ1n) is 7.59. The number of hydrazine groups is 1. The second-order valence-corrected chi connectivity index (χ2v) is 6.70. The van der Waals surface area contributed by atoms with Gasteiger partial charge in [0.05, 0.1) is 0 Å². The van der Waals surface area contributed by atoms with Crippen molar-refractivity contribution in [3.05, 3.63) is 11.4 Å². The molecule has 4 N–H and O–H groups in total. The predicted octanol–water partition coefficient (Wildman–Crippen LogP) is 2.21. The Bertz CT molecular complexity index is 478. The Morgan fingerprint density at radius 2 is 1.81 bits per heavy atom. The zero-order valence-electron chi connectivity index (χ0n) is 13.5. The van der Waals surface area contributed by atoms with Crippen molar-refractivity contribution in [3.8, 4) is 0 Å². The minimum atomic E-state index is -0.117. The largest absolute Gasteiger partial charge is 0.381 e. The Balaban J connectivity index is 2.16. The van der Waals surface area contributed by atoms with Crippen molar-refractivity contribution in [2.75, 3.05) is 30.5 Å². The maximum atomic E-state index is 5.59. The quantitative estimate of drug-likeness (QED) is 0.583. The maximum absolute atomic E-state index is 5.59. The minimum Gasteiger partial charge on any atom is -0.381 e. The summed E-state index contributed by atoms with van der Waals surface area (Å²) < 4.78 is 5.40. The molecule has 0 bridgehead atoms. The molecule has 6 heteroatoms. The van der Waals surface area contributed by atoms with Crippen LogP contribution in [0.4, 0.5) is 11.6 Å². The first-order chi connectivity index (χ1) is 9.91. The SMILES string of the molecule is Cc1c(NN)nc(C(C)(C)C)nc1NCC1CCOCC1. The summed E-state index contributed by atoms with van der Waals surface area (Å²) in [5.74, 6) is 8.57. The Kier molecular flexibility index (Phi) is 5.00. The van der Waals surface area contributed by atoms with Crippen LogP contribution in [0.2, 0.25) is 0 Å².